The number of hydrogen-bond acceptors (Lipinski definition) is 2. The number of benzene rings is 1. The minimum atomic E-state index is -2.87. The average molecular weight is 202 g/mol. The van der Waals surface area contributed by atoms with Gasteiger partial charge in [-0.3, -0.25) is 0 Å². The summed E-state index contributed by atoms with van der Waals surface area (Å²) in [6.45, 7) is 0.959. The maximum Gasteiger partial charge on any atom is 0.692 e. The van der Waals surface area contributed by atoms with Crippen LogP contribution in [0, 0.1) is 0 Å². The Balaban J connectivity index is 0.000000310. The summed E-state index contributed by atoms with van der Waals surface area (Å²) in [7, 11) is -0.919. The van der Waals surface area contributed by atoms with E-state index in [0.29, 0.717) is 0 Å². The lowest BCUT2D eigenvalue weighted by atomic mass is 10.2. The minimum Gasteiger partial charge on any atom is -0.316 e. The van der Waals surface area contributed by atoms with E-state index in [1.54, 1.807) is 0 Å². The summed E-state index contributed by atoms with van der Waals surface area (Å²) in [4.78, 5) is 14.2. The topological polar surface area (TPSA) is 69.6 Å². The highest BCUT2D eigenvalue weighted by molar-refractivity contribution is 7.30. The Hall–Kier alpha value is -0.800. The fourth-order valence-corrected chi connectivity index (χ4v) is 0.800. The molecule has 0 aromatic heterocycles. The van der Waals surface area contributed by atoms with Gasteiger partial charge in [0.1, 0.15) is 0 Å². The maximum absolute atomic E-state index is 8.70. The van der Waals surface area contributed by atoms with E-state index in [-0.39, 0.29) is 0 Å². The Kier molecular flexibility index (Phi) is 7.35. The third-order valence-electron chi connectivity index (χ3n) is 1.22. The molecule has 0 atom stereocenters. The van der Waals surface area contributed by atoms with Crippen LogP contribution >= 0.6 is 8.25 Å². The highest BCUT2D eigenvalue weighted by Crippen LogP contribution is 1.98. The van der Waals surface area contributed by atoms with Gasteiger partial charge in [-0.05, 0) is 12.6 Å². The number of rotatable bonds is 2. The molecule has 0 radical (unpaired) electrons. The van der Waals surface area contributed by atoms with Crippen LogP contribution in [0.1, 0.15) is 5.56 Å². The third kappa shape index (κ3) is 9.11. The van der Waals surface area contributed by atoms with E-state index in [0.717, 1.165) is 6.54 Å². The number of hydrogen-bond donors (Lipinski definition) is 3. The van der Waals surface area contributed by atoms with Gasteiger partial charge in [-0.25, -0.2) is 0 Å². The van der Waals surface area contributed by atoms with Gasteiger partial charge in [0.15, 0.2) is 0 Å². The highest BCUT2D eigenvalue weighted by atomic mass is 31.1. The van der Waals surface area contributed by atoms with Crippen molar-refractivity contribution >= 4 is 8.25 Å². The van der Waals surface area contributed by atoms with Crippen LogP contribution in [0.2, 0.25) is 0 Å². The quantitative estimate of drug-likeness (QED) is 0.626. The molecule has 0 fully saturated rings. The normalized spacial score (nSPS) is 8.54. The van der Waals surface area contributed by atoms with Crippen LogP contribution in [0.4, 0.5) is 0 Å². The van der Waals surface area contributed by atoms with Crippen LogP contribution in [-0.2, 0) is 11.1 Å². The van der Waals surface area contributed by atoms with Gasteiger partial charge in [-0.2, -0.15) is 0 Å². The lowest BCUT2D eigenvalue weighted by molar-refractivity contribution is 0.405. The summed E-state index contributed by atoms with van der Waals surface area (Å²) < 4.78 is 8.70. The Morgan fingerprint density at radius 2 is 1.77 bits per heavy atom. The van der Waals surface area contributed by atoms with E-state index in [9.17, 15) is 0 Å². The molecule has 0 amide bonds. The zero-order chi connectivity index (χ0) is 10.1. The highest BCUT2D eigenvalue weighted by Gasteiger charge is 1.93. The standard InChI is InChI=1S/C8H11N.HO3P/c1-9-7-8-5-3-2-4-6-8;1-4(2)3/h2-6,9H,7H2,1H3;(H-,1,2,3)/p+1. The Morgan fingerprint density at radius 3 is 2.15 bits per heavy atom. The second kappa shape index (κ2) is 7.83. The summed E-state index contributed by atoms with van der Waals surface area (Å²) in [6.07, 6.45) is 0. The molecule has 0 aliphatic carbocycles. The molecule has 1 aromatic rings. The van der Waals surface area contributed by atoms with Crippen molar-refractivity contribution in [1.29, 1.82) is 0 Å². The summed E-state index contributed by atoms with van der Waals surface area (Å²) in [5, 5.41) is 3.08. The van der Waals surface area contributed by atoms with Gasteiger partial charge < -0.3 is 5.32 Å². The van der Waals surface area contributed by atoms with Crippen molar-refractivity contribution < 1.29 is 14.4 Å². The molecule has 0 aliphatic heterocycles. The average Bonchev–Trinajstić information content (AvgIpc) is 2.06. The van der Waals surface area contributed by atoms with E-state index in [1.165, 1.54) is 5.56 Å². The largest absolute Gasteiger partial charge is 0.692 e. The van der Waals surface area contributed by atoms with Gasteiger partial charge >= 0.3 is 8.25 Å². The van der Waals surface area contributed by atoms with Crippen LogP contribution in [0.3, 0.4) is 0 Å². The van der Waals surface area contributed by atoms with Gasteiger partial charge in [0, 0.05) is 11.1 Å². The number of nitrogens with one attached hydrogen (secondary N) is 1. The van der Waals surface area contributed by atoms with Crippen molar-refractivity contribution in [3.8, 4) is 0 Å². The fraction of sp³-hybridized carbons (Fsp3) is 0.250. The van der Waals surface area contributed by atoms with Crippen molar-refractivity contribution in [2.75, 3.05) is 7.05 Å². The zero-order valence-electron chi connectivity index (χ0n) is 7.34. The maximum atomic E-state index is 8.70. The van der Waals surface area contributed by atoms with E-state index < -0.39 is 8.25 Å². The summed E-state index contributed by atoms with van der Waals surface area (Å²) >= 11 is 0. The monoisotopic (exact) mass is 202 g/mol. The van der Waals surface area contributed by atoms with E-state index in [2.05, 4.69) is 17.4 Å². The third-order valence-corrected chi connectivity index (χ3v) is 1.22. The summed E-state index contributed by atoms with van der Waals surface area (Å²) in [5.41, 5.74) is 1.33. The Labute approximate surface area is 78.2 Å². The molecule has 1 rings (SSSR count). The van der Waals surface area contributed by atoms with Gasteiger partial charge in [0.2, 0.25) is 0 Å². The second-order valence-corrected chi connectivity index (χ2v) is 2.77. The van der Waals surface area contributed by atoms with Gasteiger partial charge in [-0.1, -0.05) is 30.3 Å². The Bertz CT molecular complexity index is 236. The minimum absolute atomic E-state index is 0.959. The molecule has 72 valence electrons. The van der Waals surface area contributed by atoms with Crippen LogP contribution in [0.5, 0.6) is 0 Å². The summed E-state index contributed by atoms with van der Waals surface area (Å²) in [6, 6.07) is 10.3. The van der Waals surface area contributed by atoms with Crippen molar-refractivity contribution in [2.24, 2.45) is 0 Å². The van der Waals surface area contributed by atoms with Crippen molar-refractivity contribution in [1.82, 2.24) is 5.32 Å². The van der Waals surface area contributed by atoms with Crippen LogP contribution in [0.15, 0.2) is 30.3 Å². The van der Waals surface area contributed by atoms with Crippen molar-refractivity contribution in [2.45, 2.75) is 6.54 Å². The lowest BCUT2D eigenvalue weighted by Gasteiger charge is -1.95. The first-order chi connectivity index (χ1) is 6.16. The van der Waals surface area contributed by atoms with Gasteiger partial charge in [0.25, 0.3) is 0 Å². The molecule has 0 bridgehead atoms. The van der Waals surface area contributed by atoms with Crippen LogP contribution in [-0.4, -0.2) is 16.8 Å². The zero-order valence-corrected chi connectivity index (χ0v) is 8.24. The molecule has 0 unspecified atom stereocenters. The molecule has 0 heterocycles. The lowest BCUT2D eigenvalue weighted by Crippen LogP contribution is -2.04. The molecule has 0 saturated heterocycles. The molecule has 3 N–H and O–H groups in total. The Morgan fingerprint density at radius 1 is 1.31 bits per heavy atom. The molecule has 13 heavy (non-hydrogen) atoms. The van der Waals surface area contributed by atoms with Crippen LogP contribution in [0.25, 0.3) is 0 Å². The predicted octanol–water partition coefficient (Wildman–Crippen LogP) is 1.03. The molecule has 4 nitrogen and oxygen atoms in total. The van der Waals surface area contributed by atoms with Crippen LogP contribution < -0.4 is 5.32 Å². The molecule has 0 saturated carbocycles. The predicted molar refractivity (Wildman–Crippen MR) is 51.2 cm³/mol. The molecule has 5 heteroatoms. The fourth-order valence-electron chi connectivity index (χ4n) is 0.800. The first kappa shape index (κ1) is 12.2. The van der Waals surface area contributed by atoms with E-state index in [1.807, 2.05) is 25.2 Å². The first-order valence-corrected chi connectivity index (χ1v) is 4.87. The SMILES string of the molecule is CNCc1ccccc1.O=[P+](O)O. The van der Waals surface area contributed by atoms with Crippen molar-refractivity contribution in [3.05, 3.63) is 35.9 Å². The summed E-state index contributed by atoms with van der Waals surface area (Å²) in [5.74, 6) is 0. The van der Waals surface area contributed by atoms with E-state index in [4.69, 9.17) is 14.4 Å². The smallest absolute Gasteiger partial charge is 0.316 e. The van der Waals surface area contributed by atoms with Gasteiger partial charge in [0.05, 0.1) is 0 Å². The van der Waals surface area contributed by atoms with Gasteiger partial charge in [-0.15, -0.1) is 9.79 Å². The van der Waals surface area contributed by atoms with E-state index >= 15 is 0 Å². The van der Waals surface area contributed by atoms with Crippen molar-refractivity contribution in [3.63, 3.8) is 0 Å². The molecule has 0 aliphatic rings. The second-order valence-electron chi connectivity index (χ2n) is 2.27. The first-order valence-electron chi connectivity index (χ1n) is 3.70. The molecular weight excluding hydrogens is 189 g/mol. The molecule has 1 aromatic carbocycles. The molecular formula is C8H13NO3P+. The molecule has 0 spiro atoms.